The molecule has 2 aromatic carbocycles. The molecule has 0 aliphatic heterocycles. The molecule has 0 aliphatic carbocycles. The number of anilines is 2. The van der Waals surface area contributed by atoms with Gasteiger partial charge in [0.25, 0.3) is 5.91 Å². The van der Waals surface area contributed by atoms with E-state index in [4.69, 9.17) is 16.2 Å². The predicted octanol–water partition coefficient (Wildman–Crippen LogP) is 5.95. The summed E-state index contributed by atoms with van der Waals surface area (Å²) in [5.74, 6) is -0.715. The molecule has 11 heteroatoms. The Kier molecular flexibility index (Phi) is 16.1. The Bertz CT molecular complexity index is 1460. The number of unbranched alkanes of at least 4 members (excludes halogenated alkanes) is 2. The molecule has 0 bridgehead atoms. The standard InChI is InChI=1S/C39H62N6O5/c1-24(2)20-31(36(48)42-27-15-14-26(5)29(22-27)34(46)39(9,10)41)44-35(47)30-23-28(16-17-33(30)50-19-13-11-12-18-40)43-37(49)32(21-25(3)4)45-38(6,7)8/h14-17,22-25,31-32,45H,11-13,18-21,40-41H2,1-10H3,(H,42,48)(H,43,49)(H,44,47)/t31?,32-/m1/s1. The van der Waals surface area contributed by atoms with Crippen LogP contribution in [0.4, 0.5) is 11.4 Å². The van der Waals surface area contributed by atoms with Gasteiger partial charge in [0.2, 0.25) is 11.8 Å². The van der Waals surface area contributed by atoms with Crippen LogP contribution in [0, 0.1) is 18.8 Å². The summed E-state index contributed by atoms with van der Waals surface area (Å²) in [5, 5.41) is 12.2. The van der Waals surface area contributed by atoms with E-state index in [9.17, 15) is 19.2 Å². The maximum absolute atomic E-state index is 14.0. The van der Waals surface area contributed by atoms with E-state index in [-0.39, 0.29) is 34.6 Å². The molecule has 3 amide bonds. The van der Waals surface area contributed by atoms with Gasteiger partial charge in [0.15, 0.2) is 5.78 Å². The van der Waals surface area contributed by atoms with Crippen LogP contribution in [0.25, 0.3) is 0 Å². The van der Waals surface area contributed by atoms with Gasteiger partial charge in [-0.05, 0) is 128 Å². The van der Waals surface area contributed by atoms with Crippen LogP contribution >= 0.6 is 0 Å². The molecule has 0 saturated heterocycles. The van der Waals surface area contributed by atoms with Crippen molar-refractivity contribution in [2.75, 3.05) is 23.8 Å². The molecule has 0 aliphatic rings. The summed E-state index contributed by atoms with van der Waals surface area (Å²) >= 11 is 0. The fourth-order valence-corrected chi connectivity index (χ4v) is 5.43. The molecule has 1 unspecified atom stereocenters. The van der Waals surface area contributed by atoms with Crippen molar-refractivity contribution in [1.29, 1.82) is 0 Å². The molecule has 0 saturated carbocycles. The van der Waals surface area contributed by atoms with Crippen molar-refractivity contribution in [1.82, 2.24) is 10.6 Å². The minimum Gasteiger partial charge on any atom is -0.493 e. The maximum atomic E-state index is 14.0. The van der Waals surface area contributed by atoms with E-state index in [1.807, 2.05) is 41.5 Å². The first-order valence-corrected chi connectivity index (χ1v) is 17.8. The Morgan fingerprint density at radius 3 is 1.84 bits per heavy atom. The summed E-state index contributed by atoms with van der Waals surface area (Å²) in [4.78, 5) is 54.1. The Hall–Kier alpha value is -3.80. The molecule has 0 aromatic heterocycles. The van der Waals surface area contributed by atoms with Gasteiger partial charge in [-0.1, -0.05) is 33.8 Å². The van der Waals surface area contributed by atoms with E-state index in [0.29, 0.717) is 48.7 Å². The topological polar surface area (TPSA) is 178 Å². The molecule has 0 heterocycles. The van der Waals surface area contributed by atoms with Gasteiger partial charge >= 0.3 is 0 Å². The molecule has 8 N–H and O–H groups in total. The highest BCUT2D eigenvalue weighted by Gasteiger charge is 2.29. The number of ketones is 1. The minimum absolute atomic E-state index is 0.0661. The van der Waals surface area contributed by atoms with Crippen LogP contribution in [0.1, 0.15) is 121 Å². The summed E-state index contributed by atoms with van der Waals surface area (Å²) in [5.41, 5.74) is 12.5. The largest absolute Gasteiger partial charge is 0.493 e. The third kappa shape index (κ3) is 14.2. The summed E-state index contributed by atoms with van der Waals surface area (Å²) in [7, 11) is 0. The number of hydrogen-bond donors (Lipinski definition) is 6. The number of Topliss-reactive ketones (excluding diaryl/α,β-unsaturated/α-hetero) is 1. The van der Waals surface area contributed by atoms with Crippen LogP contribution in [-0.2, 0) is 9.59 Å². The van der Waals surface area contributed by atoms with Crippen LogP contribution in [0.15, 0.2) is 36.4 Å². The molecular formula is C39H62N6O5. The number of amides is 3. The summed E-state index contributed by atoms with van der Waals surface area (Å²) < 4.78 is 6.05. The molecule has 2 aromatic rings. The second-order valence-corrected chi connectivity index (χ2v) is 15.7. The normalized spacial score (nSPS) is 13.2. The lowest BCUT2D eigenvalue weighted by Crippen LogP contribution is -2.50. The van der Waals surface area contributed by atoms with Gasteiger partial charge < -0.3 is 37.5 Å². The third-order valence-electron chi connectivity index (χ3n) is 7.89. The highest BCUT2D eigenvalue weighted by atomic mass is 16.5. The lowest BCUT2D eigenvalue weighted by Gasteiger charge is -2.29. The molecule has 278 valence electrons. The van der Waals surface area contributed by atoms with E-state index in [2.05, 4.69) is 35.1 Å². The number of aryl methyl sites for hydroxylation is 1. The zero-order valence-electron chi connectivity index (χ0n) is 31.9. The van der Waals surface area contributed by atoms with Gasteiger partial charge in [0.05, 0.1) is 23.8 Å². The van der Waals surface area contributed by atoms with Crippen molar-refractivity contribution in [2.24, 2.45) is 23.3 Å². The molecule has 0 fully saturated rings. The van der Waals surface area contributed by atoms with Crippen molar-refractivity contribution in [3.8, 4) is 5.75 Å². The van der Waals surface area contributed by atoms with Gasteiger partial charge in [-0.15, -0.1) is 0 Å². The van der Waals surface area contributed by atoms with E-state index < -0.39 is 29.4 Å². The number of nitrogens with one attached hydrogen (secondary N) is 4. The Morgan fingerprint density at radius 1 is 0.760 bits per heavy atom. The zero-order chi connectivity index (χ0) is 37.8. The van der Waals surface area contributed by atoms with E-state index >= 15 is 0 Å². The highest BCUT2D eigenvalue weighted by molar-refractivity contribution is 6.06. The molecule has 2 rings (SSSR count). The third-order valence-corrected chi connectivity index (χ3v) is 7.89. The second-order valence-electron chi connectivity index (χ2n) is 15.7. The number of hydrogen-bond acceptors (Lipinski definition) is 8. The molecule has 0 spiro atoms. The number of benzene rings is 2. The molecule has 0 radical (unpaired) electrons. The van der Waals surface area contributed by atoms with Crippen molar-refractivity contribution in [3.63, 3.8) is 0 Å². The quantitative estimate of drug-likeness (QED) is 0.0772. The van der Waals surface area contributed by atoms with Gasteiger partial charge in [-0.2, -0.15) is 0 Å². The van der Waals surface area contributed by atoms with Crippen molar-refractivity contribution < 1.29 is 23.9 Å². The lowest BCUT2D eigenvalue weighted by atomic mass is 9.91. The Labute approximate surface area is 299 Å². The Balaban J connectivity index is 2.41. The summed E-state index contributed by atoms with van der Waals surface area (Å²) in [6.07, 6.45) is 3.50. The van der Waals surface area contributed by atoms with E-state index in [1.54, 1.807) is 50.2 Å². The SMILES string of the molecule is Cc1ccc(NC(=O)C(CC(C)C)NC(=O)c2cc(NC(=O)[C@@H](CC(C)C)NC(C)(C)C)ccc2OCCCCCN)cc1C(=O)C(C)(C)N. The predicted molar refractivity (Wildman–Crippen MR) is 203 cm³/mol. The minimum atomic E-state index is -1.09. The lowest BCUT2D eigenvalue weighted by molar-refractivity contribution is -0.119. The van der Waals surface area contributed by atoms with Gasteiger partial charge in [-0.3, -0.25) is 19.2 Å². The summed E-state index contributed by atoms with van der Waals surface area (Å²) in [6, 6.07) is 8.70. The van der Waals surface area contributed by atoms with E-state index in [0.717, 1.165) is 24.8 Å². The molecular weight excluding hydrogens is 632 g/mol. The number of nitrogens with two attached hydrogens (primary N) is 2. The van der Waals surface area contributed by atoms with Gasteiger partial charge in [0, 0.05) is 22.5 Å². The van der Waals surface area contributed by atoms with E-state index in [1.165, 1.54) is 0 Å². The zero-order valence-corrected chi connectivity index (χ0v) is 31.9. The number of rotatable bonds is 19. The van der Waals surface area contributed by atoms with Crippen LogP contribution < -0.4 is 37.5 Å². The fraction of sp³-hybridized carbons (Fsp3) is 0.590. The van der Waals surface area contributed by atoms with Crippen LogP contribution in [0.3, 0.4) is 0 Å². The maximum Gasteiger partial charge on any atom is 0.255 e. The molecule has 11 nitrogen and oxygen atoms in total. The fourth-order valence-electron chi connectivity index (χ4n) is 5.43. The first kappa shape index (κ1) is 42.4. The smallest absolute Gasteiger partial charge is 0.255 e. The first-order chi connectivity index (χ1) is 23.2. The highest BCUT2D eigenvalue weighted by Crippen LogP contribution is 2.26. The number of carbonyl (C=O) groups is 4. The summed E-state index contributed by atoms with van der Waals surface area (Å²) in [6.45, 7) is 20.1. The number of ether oxygens (including phenoxy) is 1. The van der Waals surface area contributed by atoms with Crippen molar-refractivity contribution in [3.05, 3.63) is 53.1 Å². The van der Waals surface area contributed by atoms with Crippen LogP contribution in [0.5, 0.6) is 5.75 Å². The first-order valence-electron chi connectivity index (χ1n) is 17.8. The van der Waals surface area contributed by atoms with Crippen LogP contribution in [0.2, 0.25) is 0 Å². The van der Waals surface area contributed by atoms with Gasteiger partial charge in [0.1, 0.15) is 11.8 Å². The molecule has 2 atom stereocenters. The average Bonchev–Trinajstić information content (AvgIpc) is 2.99. The monoisotopic (exact) mass is 694 g/mol. The van der Waals surface area contributed by atoms with Crippen molar-refractivity contribution in [2.45, 2.75) is 125 Å². The average molecular weight is 695 g/mol. The molecule has 50 heavy (non-hydrogen) atoms. The van der Waals surface area contributed by atoms with Crippen molar-refractivity contribution >= 4 is 34.9 Å². The second kappa shape index (κ2) is 19.0. The number of carbonyl (C=O) groups excluding carboxylic acids is 4. The van der Waals surface area contributed by atoms with Gasteiger partial charge in [-0.25, -0.2) is 0 Å². The van der Waals surface area contributed by atoms with Crippen LogP contribution in [-0.4, -0.2) is 59.8 Å². The Morgan fingerprint density at radius 2 is 1.30 bits per heavy atom.